The molecule has 1 fully saturated rings. The summed E-state index contributed by atoms with van der Waals surface area (Å²) in [6.45, 7) is 4.28. The summed E-state index contributed by atoms with van der Waals surface area (Å²) in [5.41, 5.74) is 3.66. The number of ether oxygens (including phenoxy) is 1. The summed E-state index contributed by atoms with van der Waals surface area (Å²) in [7, 11) is 1.97. The number of unbranched alkanes of at least 4 members (excludes halogenated alkanes) is 2. The number of para-hydroxylation sites is 1. The topological polar surface area (TPSA) is 119 Å². The average molecular weight is 724 g/mol. The van der Waals surface area contributed by atoms with Crippen molar-refractivity contribution in [2.45, 2.75) is 64.5 Å². The van der Waals surface area contributed by atoms with Crippen molar-refractivity contribution < 1.29 is 28.6 Å². The van der Waals surface area contributed by atoms with Crippen LogP contribution in [0.2, 0.25) is 0 Å². The van der Waals surface area contributed by atoms with E-state index in [0.717, 1.165) is 79.8 Å². The number of hydrazine groups is 1. The first-order valence-corrected chi connectivity index (χ1v) is 18.8. The molecule has 1 saturated heterocycles. The van der Waals surface area contributed by atoms with Crippen molar-refractivity contribution in [3.8, 4) is 16.9 Å². The van der Waals surface area contributed by atoms with Crippen LogP contribution in [0.15, 0.2) is 102 Å². The monoisotopic (exact) mass is 723 g/mol. The molecule has 0 saturated carbocycles. The number of phenols is 1. The molecule has 0 aliphatic carbocycles. The first-order valence-electron chi connectivity index (χ1n) is 18.8. The summed E-state index contributed by atoms with van der Waals surface area (Å²) in [6, 6.07) is 28.6. The van der Waals surface area contributed by atoms with Gasteiger partial charge in [-0.2, -0.15) is 0 Å². The maximum atomic E-state index is 13.6. The lowest BCUT2D eigenvalue weighted by atomic mass is 10.0. The average Bonchev–Trinajstić information content (AvgIpc) is 3.69. The van der Waals surface area contributed by atoms with Crippen LogP contribution in [0.5, 0.6) is 5.75 Å². The molecular formula is C42H53N5O6. The maximum Gasteiger partial charge on any atom is 0.429 e. The largest absolute Gasteiger partial charge is 0.508 e. The van der Waals surface area contributed by atoms with Crippen LogP contribution in [0.3, 0.4) is 0 Å². The van der Waals surface area contributed by atoms with Gasteiger partial charge in [0.15, 0.2) is 0 Å². The number of carbonyl (C=O) groups is 3. The number of carbonyl (C=O) groups excluding carboxylic acids is 3. The number of phenolic OH excluding ortho intramolecular Hbond substituents is 1. The van der Waals surface area contributed by atoms with Crippen molar-refractivity contribution in [1.29, 1.82) is 0 Å². The standard InChI is InChI=1S/C42H53N5O6/c1-44(33-37-16-13-30-52-37)29-23-41(50)45(32-34-19-21-36(48)22-20-34)26-10-3-9-25-43-40(49)24-31-53-42(51)47(46-27-11-4-12-28-46)39-18-8-7-17-38(39)35-14-5-2-6-15-35/h2,5-8,13-22,30,48H,3-4,9-12,23-29,31-33H2,1H3,(H,43,49). The Hall–Kier alpha value is -5.13. The Labute approximate surface area is 313 Å². The van der Waals surface area contributed by atoms with Gasteiger partial charge < -0.3 is 24.5 Å². The number of nitrogens with zero attached hydrogens (tertiary/aromatic N) is 4. The highest BCUT2D eigenvalue weighted by Gasteiger charge is 2.28. The fraction of sp³-hybridized carbons (Fsp3) is 0.405. The molecule has 11 nitrogen and oxygen atoms in total. The van der Waals surface area contributed by atoms with Gasteiger partial charge in [-0.1, -0.05) is 67.1 Å². The van der Waals surface area contributed by atoms with Gasteiger partial charge in [0.2, 0.25) is 11.8 Å². The van der Waals surface area contributed by atoms with Crippen molar-refractivity contribution in [1.82, 2.24) is 20.1 Å². The minimum Gasteiger partial charge on any atom is -0.508 e. The predicted molar refractivity (Wildman–Crippen MR) is 206 cm³/mol. The van der Waals surface area contributed by atoms with Gasteiger partial charge in [-0.15, -0.1) is 0 Å². The van der Waals surface area contributed by atoms with Gasteiger partial charge in [-0.25, -0.2) is 14.8 Å². The van der Waals surface area contributed by atoms with E-state index < -0.39 is 6.09 Å². The molecule has 1 aromatic heterocycles. The van der Waals surface area contributed by atoms with E-state index in [0.29, 0.717) is 39.1 Å². The van der Waals surface area contributed by atoms with Gasteiger partial charge in [-0.3, -0.25) is 14.5 Å². The number of rotatable bonds is 19. The Morgan fingerprint density at radius 3 is 2.32 bits per heavy atom. The number of aromatic hydroxyl groups is 1. The highest BCUT2D eigenvalue weighted by molar-refractivity contribution is 5.93. The molecule has 5 rings (SSSR count). The number of furan rings is 1. The Morgan fingerprint density at radius 1 is 0.811 bits per heavy atom. The fourth-order valence-electron chi connectivity index (χ4n) is 6.48. The molecule has 2 N–H and O–H groups in total. The van der Waals surface area contributed by atoms with Crippen molar-refractivity contribution in [2.24, 2.45) is 0 Å². The van der Waals surface area contributed by atoms with Crippen LogP contribution in [0, 0.1) is 0 Å². The molecular weight excluding hydrogens is 670 g/mol. The zero-order valence-electron chi connectivity index (χ0n) is 30.8. The number of piperidine rings is 1. The second-order valence-electron chi connectivity index (χ2n) is 13.5. The maximum absolute atomic E-state index is 13.6. The number of amides is 3. The van der Waals surface area contributed by atoms with E-state index >= 15 is 0 Å². The van der Waals surface area contributed by atoms with Crippen LogP contribution < -0.4 is 10.3 Å². The number of hydrogen-bond donors (Lipinski definition) is 2. The quantitative estimate of drug-likeness (QED) is 0.0974. The normalized spacial score (nSPS) is 13.1. The predicted octanol–water partition coefficient (Wildman–Crippen LogP) is 7.22. The highest BCUT2D eigenvalue weighted by atomic mass is 16.6. The van der Waals surface area contributed by atoms with Gasteiger partial charge in [0.25, 0.3) is 0 Å². The Kier molecular flexibility index (Phi) is 15.3. The minimum absolute atomic E-state index is 0.0203. The third-order valence-electron chi connectivity index (χ3n) is 9.36. The summed E-state index contributed by atoms with van der Waals surface area (Å²) in [6.07, 6.45) is 7.12. The second kappa shape index (κ2) is 20.8. The van der Waals surface area contributed by atoms with E-state index in [-0.39, 0.29) is 30.6 Å². The Morgan fingerprint density at radius 2 is 1.57 bits per heavy atom. The molecule has 0 bridgehead atoms. The number of benzene rings is 3. The smallest absolute Gasteiger partial charge is 0.429 e. The van der Waals surface area contributed by atoms with E-state index in [9.17, 15) is 19.5 Å². The summed E-state index contributed by atoms with van der Waals surface area (Å²) < 4.78 is 11.1. The van der Waals surface area contributed by atoms with Crippen LogP contribution in [0.25, 0.3) is 11.1 Å². The van der Waals surface area contributed by atoms with Crippen molar-refractivity contribution >= 4 is 23.6 Å². The van der Waals surface area contributed by atoms with Crippen molar-refractivity contribution in [2.75, 3.05) is 51.4 Å². The van der Waals surface area contributed by atoms with Gasteiger partial charge in [0, 0.05) is 51.3 Å². The lowest BCUT2D eigenvalue weighted by Crippen LogP contribution is -2.49. The molecule has 0 atom stereocenters. The lowest BCUT2D eigenvalue weighted by molar-refractivity contribution is -0.132. The molecule has 0 unspecified atom stereocenters. The molecule has 4 aromatic rings. The SMILES string of the molecule is CN(CCC(=O)N(CCCCCNC(=O)CCOC(=O)N(c1ccccc1-c1ccccc1)N1CCCCC1)Cc1ccc(O)cc1)Cc1ccco1. The van der Waals surface area contributed by atoms with Gasteiger partial charge in [0.1, 0.15) is 18.1 Å². The minimum atomic E-state index is -0.487. The van der Waals surface area contributed by atoms with Crippen LogP contribution in [0.1, 0.15) is 62.7 Å². The van der Waals surface area contributed by atoms with Crippen LogP contribution in [0.4, 0.5) is 10.5 Å². The van der Waals surface area contributed by atoms with E-state index in [1.54, 1.807) is 23.4 Å². The number of hydrogen-bond acceptors (Lipinski definition) is 8. The summed E-state index contributed by atoms with van der Waals surface area (Å²) in [5.74, 6) is 0.939. The van der Waals surface area contributed by atoms with Gasteiger partial charge >= 0.3 is 6.09 Å². The summed E-state index contributed by atoms with van der Waals surface area (Å²) in [5, 5.41) is 16.3. The molecule has 0 spiro atoms. The lowest BCUT2D eigenvalue weighted by Gasteiger charge is -2.37. The summed E-state index contributed by atoms with van der Waals surface area (Å²) >= 11 is 0. The second-order valence-corrected chi connectivity index (χ2v) is 13.5. The van der Waals surface area contributed by atoms with Crippen LogP contribution in [-0.4, -0.2) is 84.2 Å². The molecule has 0 radical (unpaired) electrons. The van der Waals surface area contributed by atoms with Crippen LogP contribution >= 0.6 is 0 Å². The summed E-state index contributed by atoms with van der Waals surface area (Å²) in [4.78, 5) is 43.5. The number of anilines is 1. The molecule has 3 amide bonds. The zero-order valence-corrected chi connectivity index (χ0v) is 30.8. The molecule has 53 heavy (non-hydrogen) atoms. The fourth-order valence-corrected chi connectivity index (χ4v) is 6.48. The van der Waals surface area contributed by atoms with Crippen LogP contribution in [-0.2, 0) is 27.4 Å². The molecule has 282 valence electrons. The van der Waals surface area contributed by atoms with E-state index in [4.69, 9.17) is 9.15 Å². The first kappa shape index (κ1) is 39.1. The molecule has 3 aromatic carbocycles. The Balaban J connectivity index is 1.05. The highest BCUT2D eigenvalue weighted by Crippen LogP contribution is 2.33. The molecule has 1 aliphatic rings. The Bertz CT molecular complexity index is 1690. The molecule has 1 aliphatic heterocycles. The van der Waals surface area contributed by atoms with Crippen molar-refractivity contribution in [3.63, 3.8) is 0 Å². The van der Waals surface area contributed by atoms with E-state index in [1.807, 2.05) is 95.8 Å². The first-order chi connectivity index (χ1) is 25.9. The molecule has 11 heteroatoms. The van der Waals surface area contributed by atoms with Crippen molar-refractivity contribution in [3.05, 3.63) is 109 Å². The van der Waals surface area contributed by atoms with Gasteiger partial charge in [-0.05, 0) is 80.6 Å². The molecule has 2 heterocycles. The number of nitrogens with one attached hydrogen (secondary N) is 1. The third-order valence-corrected chi connectivity index (χ3v) is 9.36. The van der Waals surface area contributed by atoms with Gasteiger partial charge in [0.05, 0.1) is 24.9 Å². The van der Waals surface area contributed by atoms with E-state index in [2.05, 4.69) is 10.2 Å². The van der Waals surface area contributed by atoms with E-state index in [1.165, 1.54) is 0 Å². The zero-order chi connectivity index (χ0) is 37.3. The third kappa shape index (κ3) is 12.5.